The zero-order valence-electron chi connectivity index (χ0n) is 11.2. The van der Waals surface area contributed by atoms with E-state index in [1.807, 2.05) is 6.20 Å². The minimum Gasteiger partial charge on any atom is -0.378 e. The first kappa shape index (κ1) is 13.2. The number of pyridine rings is 1. The van der Waals surface area contributed by atoms with Gasteiger partial charge < -0.3 is 9.64 Å². The molecule has 0 aliphatic carbocycles. The van der Waals surface area contributed by atoms with Crippen LogP contribution >= 0.6 is 12.8 Å². The Hall–Kier alpha value is -0.780. The van der Waals surface area contributed by atoms with Gasteiger partial charge in [0.25, 0.3) is 0 Å². The van der Waals surface area contributed by atoms with Gasteiger partial charge in [-0.05, 0) is 25.0 Å². The molecule has 2 aliphatic rings. The van der Waals surface area contributed by atoms with E-state index in [-0.39, 0.29) is 0 Å². The predicted octanol–water partition coefficient (Wildman–Crippen LogP) is 1.94. The van der Waals surface area contributed by atoms with Gasteiger partial charge >= 0.3 is 0 Å². The zero-order valence-corrected chi connectivity index (χ0v) is 12.1. The summed E-state index contributed by atoms with van der Waals surface area (Å²) >= 11 is 4.39. The van der Waals surface area contributed by atoms with Gasteiger partial charge in [-0.3, -0.25) is 9.29 Å². The molecule has 2 aliphatic heterocycles. The molecule has 0 unspecified atom stereocenters. The molecule has 0 bridgehead atoms. The highest BCUT2D eigenvalue weighted by Gasteiger charge is 2.20. The van der Waals surface area contributed by atoms with E-state index in [2.05, 4.69) is 39.1 Å². The average Bonchev–Trinajstić information content (AvgIpc) is 2.49. The number of morpholine rings is 1. The number of thiol groups is 1. The molecule has 0 spiro atoms. The quantitative estimate of drug-likeness (QED) is 0.838. The van der Waals surface area contributed by atoms with Crippen LogP contribution in [0.4, 0.5) is 5.69 Å². The third kappa shape index (κ3) is 3.22. The van der Waals surface area contributed by atoms with Crippen LogP contribution in [0.2, 0.25) is 0 Å². The van der Waals surface area contributed by atoms with Crippen molar-refractivity contribution in [2.75, 3.05) is 44.3 Å². The summed E-state index contributed by atoms with van der Waals surface area (Å²) in [5, 5.41) is 0. The van der Waals surface area contributed by atoms with Crippen molar-refractivity contribution in [3.8, 4) is 0 Å². The Morgan fingerprint density at radius 2 is 1.84 bits per heavy atom. The van der Waals surface area contributed by atoms with Crippen LogP contribution in [0.25, 0.3) is 0 Å². The molecule has 3 heterocycles. The van der Waals surface area contributed by atoms with Crippen molar-refractivity contribution in [3.63, 3.8) is 0 Å². The molecule has 1 aromatic heterocycles. The number of aromatic nitrogens is 1. The van der Waals surface area contributed by atoms with E-state index >= 15 is 0 Å². The maximum atomic E-state index is 5.38. The van der Waals surface area contributed by atoms with Crippen LogP contribution in [-0.2, 0) is 4.74 Å². The summed E-state index contributed by atoms with van der Waals surface area (Å²) in [5.41, 5.74) is 2.46. The SMILES string of the molecule is SN1CCC(c2ccc(N3CCOCC3)cn2)CC1. The molecule has 0 amide bonds. The second kappa shape index (κ2) is 6.11. The number of anilines is 1. The third-order valence-electron chi connectivity index (χ3n) is 4.04. The maximum Gasteiger partial charge on any atom is 0.0642 e. The largest absolute Gasteiger partial charge is 0.378 e. The summed E-state index contributed by atoms with van der Waals surface area (Å²) in [7, 11) is 0. The smallest absolute Gasteiger partial charge is 0.0642 e. The Kier molecular flexibility index (Phi) is 4.25. The summed E-state index contributed by atoms with van der Waals surface area (Å²) in [4.78, 5) is 7.02. The number of piperidine rings is 1. The Morgan fingerprint density at radius 3 is 2.47 bits per heavy atom. The highest BCUT2D eigenvalue weighted by Crippen LogP contribution is 2.28. The van der Waals surface area contributed by atoms with E-state index in [9.17, 15) is 0 Å². The number of nitrogens with zero attached hydrogens (tertiary/aromatic N) is 3. The fourth-order valence-electron chi connectivity index (χ4n) is 2.81. The maximum absolute atomic E-state index is 5.38. The lowest BCUT2D eigenvalue weighted by atomic mass is 9.94. The molecule has 0 N–H and O–H groups in total. The van der Waals surface area contributed by atoms with Gasteiger partial charge in [-0.2, -0.15) is 0 Å². The summed E-state index contributed by atoms with van der Waals surface area (Å²) in [6.45, 7) is 5.70. The molecule has 0 aromatic carbocycles. The van der Waals surface area contributed by atoms with Crippen molar-refractivity contribution in [2.24, 2.45) is 0 Å². The molecule has 1 aromatic rings. The highest BCUT2D eigenvalue weighted by atomic mass is 32.1. The van der Waals surface area contributed by atoms with Gasteiger partial charge in [0.2, 0.25) is 0 Å². The number of hydrogen-bond acceptors (Lipinski definition) is 5. The van der Waals surface area contributed by atoms with E-state index in [1.165, 1.54) is 11.4 Å². The van der Waals surface area contributed by atoms with E-state index in [0.29, 0.717) is 5.92 Å². The predicted molar refractivity (Wildman–Crippen MR) is 79.8 cm³/mol. The van der Waals surface area contributed by atoms with Gasteiger partial charge in [0.1, 0.15) is 0 Å². The van der Waals surface area contributed by atoms with Gasteiger partial charge in [0, 0.05) is 37.8 Å². The number of rotatable bonds is 2. The van der Waals surface area contributed by atoms with Crippen molar-refractivity contribution in [1.82, 2.24) is 9.29 Å². The fourth-order valence-corrected chi connectivity index (χ4v) is 3.04. The first-order valence-corrected chi connectivity index (χ1v) is 7.45. The molecular formula is C14H21N3OS. The van der Waals surface area contributed by atoms with Crippen molar-refractivity contribution >= 4 is 18.5 Å². The van der Waals surface area contributed by atoms with E-state index in [1.54, 1.807) is 0 Å². The van der Waals surface area contributed by atoms with E-state index in [0.717, 1.165) is 52.2 Å². The molecule has 0 atom stereocenters. The molecule has 19 heavy (non-hydrogen) atoms. The fraction of sp³-hybridized carbons (Fsp3) is 0.643. The summed E-state index contributed by atoms with van der Waals surface area (Å²) in [6, 6.07) is 4.41. The molecule has 2 fully saturated rings. The molecule has 0 saturated carbocycles. The monoisotopic (exact) mass is 279 g/mol. The van der Waals surface area contributed by atoms with Gasteiger partial charge in [0.15, 0.2) is 0 Å². The van der Waals surface area contributed by atoms with Crippen molar-refractivity contribution in [3.05, 3.63) is 24.0 Å². The topological polar surface area (TPSA) is 28.6 Å². The van der Waals surface area contributed by atoms with Crippen LogP contribution in [0, 0.1) is 0 Å². The second-order valence-electron chi connectivity index (χ2n) is 5.27. The van der Waals surface area contributed by atoms with Gasteiger partial charge in [-0.25, -0.2) is 0 Å². The minimum absolute atomic E-state index is 0.599. The summed E-state index contributed by atoms with van der Waals surface area (Å²) in [6.07, 6.45) is 4.34. The highest BCUT2D eigenvalue weighted by molar-refractivity contribution is 7.77. The first-order chi connectivity index (χ1) is 9.33. The average molecular weight is 279 g/mol. The van der Waals surface area contributed by atoms with Gasteiger partial charge in [-0.15, -0.1) is 0 Å². The van der Waals surface area contributed by atoms with Crippen LogP contribution in [0.5, 0.6) is 0 Å². The lowest BCUT2D eigenvalue weighted by molar-refractivity contribution is 0.122. The molecular weight excluding hydrogens is 258 g/mol. The third-order valence-corrected chi connectivity index (χ3v) is 4.44. The Bertz CT molecular complexity index is 398. The van der Waals surface area contributed by atoms with E-state index in [4.69, 9.17) is 4.74 Å². The lowest BCUT2D eigenvalue weighted by Crippen LogP contribution is -2.36. The second-order valence-corrected chi connectivity index (χ2v) is 5.83. The van der Waals surface area contributed by atoms with Crippen LogP contribution < -0.4 is 4.90 Å². The van der Waals surface area contributed by atoms with Crippen LogP contribution in [0.3, 0.4) is 0 Å². The number of hydrogen-bond donors (Lipinski definition) is 1. The normalized spacial score (nSPS) is 22.7. The molecule has 3 rings (SSSR count). The van der Waals surface area contributed by atoms with Crippen molar-refractivity contribution in [2.45, 2.75) is 18.8 Å². The summed E-state index contributed by atoms with van der Waals surface area (Å²) in [5.74, 6) is 0.599. The molecule has 5 heteroatoms. The van der Waals surface area contributed by atoms with Crippen LogP contribution in [0.15, 0.2) is 18.3 Å². The molecule has 2 saturated heterocycles. The van der Waals surface area contributed by atoms with Gasteiger partial charge in [-0.1, -0.05) is 12.8 Å². The van der Waals surface area contributed by atoms with Crippen LogP contribution in [0.1, 0.15) is 24.5 Å². The van der Waals surface area contributed by atoms with E-state index < -0.39 is 0 Å². The van der Waals surface area contributed by atoms with Crippen molar-refractivity contribution < 1.29 is 4.74 Å². The Balaban J connectivity index is 1.65. The molecule has 104 valence electrons. The van der Waals surface area contributed by atoms with Gasteiger partial charge in [0.05, 0.1) is 25.1 Å². The Labute approximate surface area is 120 Å². The van der Waals surface area contributed by atoms with Crippen LogP contribution in [-0.4, -0.2) is 48.7 Å². The summed E-state index contributed by atoms with van der Waals surface area (Å²) < 4.78 is 7.47. The van der Waals surface area contributed by atoms with Crippen molar-refractivity contribution in [1.29, 1.82) is 0 Å². The zero-order chi connectivity index (χ0) is 13.1. The standard InChI is InChI=1S/C14H21N3OS/c19-17-5-3-12(4-6-17)14-2-1-13(11-15-14)16-7-9-18-10-8-16/h1-2,11-12,19H,3-10H2. The lowest BCUT2D eigenvalue weighted by Gasteiger charge is -2.30. The first-order valence-electron chi connectivity index (χ1n) is 7.05. The Morgan fingerprint density at radius 1 is 1.11 bits per heavy atom. The minimum atomic E-state index is 0.599. The number of ether oxygens (including phenoxy) is 1. The molecule has 0 radical (unpaired) electrons. The molecule has 4 nitrogen and oxygen atoms in total.